The summed E-state index contributed by atoms with van der Waals surface area (Å²) >= 11 is 0. The minimum absolute atomic E-state index is 0.0941. The zero-order valence-corrected chi connectivity index (χ0v) is 11.4. The summed E-state index contributed by atoms with van der Waals surface area (Å²) in [5.41, 5.74) is 6.31. The molecule has 0 radical (unpaired) electrons. The molecule has 1 spiro atoms. The third kappa shape index (κ3) is 2.58. The fourth-order valence-electron chi connectivity index (χ4n) is 2.96. The van der Waals surface area contributed by atoms with Crippen LogP contribution in [0.4, 0.5) is 0 Å². The van der Waals surface area contributed by atoms with Gasteiger partial charge in [0.25, 0.3) is 0 Å². The van der Waals surface area contributed by atoms with Crippen LogP contribution in [0.3, 0.4) is 0 Å². The number of hydrogen-bond acceptors (Lipinski definition) is 4. The van der Waals surface area contributed by atoms with Gasteiger partial charge in [-0.2, -0.15) is 0 Å². The summed E-state index contributed by atoms with van der Waals surface area (Å²) in [5, 5.41) is 11.6. The third-order valence-corrected chi connectivity index (χ3v) is 4.27. The van der Waals surface area contributed by atoms with Gasteiger partial charge in [-0.1, -0.05) is 5.16 Å². The van der Waals surface area contributed by atoms with Crippen molar-refractivity contribution in [1.82, 2.24) is 0 Å². The Morgan fingerprint density at radius 3 is 2.70 bits per heavy atom. The normalized spacial score (nSPS) is 25.2. The molecule has 1 aromatic carbocycles. The largest absolute Gasteiger partial charge is 0.490 e. The van der Waals surface area contributed by atoms with Crippen molar-refractivity contribution in [3.8, 4) is 5.75 Å². The van der Waals surface area contributed by atoms with Gasteiger partial charge in [0.05, 0.1) is 12.2 Å². The standard InChI is InChI=1S/C15H20N2O3/c16-14(17-18)11-2-4-12(5-3-11)20-13-6-9-19-15(10-13)7-1-8-15/h2-5,13,18H,1,6-10H2,(H2,16,17). The molecular weight excluding hydrogens is 256 g/mol. The SMILES string of the molecule is N/C(=N/O)c1ccc(OC2CCOC3(CCC3)C2)cc1. The summed E-state index contributed by atoms with van der Waals surface area (Å²) in [6, 6.07) is 7.30. The van der Waals surface area contributed by atoms with Crippen LogP contribution in [0, 0.1) is 0 Å². The Hall–Kier alpha value is -1.75. The van der Waals surface area contributed by atoms with Gasteiger partial charge in [-0.25, -0.2) is 0 Å². The van der Waals surface area contributed by atoms with E-state index in [-0.39, 0.29) is 17.5 Å². The second-order valence-electron chi connectivity index (χ2n) is 5.63. The molecule has 0 aromatic heterocycles. The lowest BCUT2D eigenvalue weighted by atomic mass is 9.74. The van der Waals surface area contributed by atoms with Crippen LogP contribution in [0.15, 0.2) is 29.4 Å². The minimum atomic E-state index is 0.0941. The molecule has 0 amide bonds. The number of benzene rings is 1. The summed E-state index contributed by atoms with van der Waals surface area (Å²) in [6.45, 7) is 0.785. The predicted octanol–water partition coefficient (Wildman–Crippen LogP) is 2.26. The molecule has 0 bridgehead atoms. The van der Waals surface area contributed by atoms with Crippen molar-refractivity contribution in [2.75, 3.05) is 6.61 Å². The van der Waals surface area contributed by atoms with Gasteiger partial charge in [0, 0.05) is 18.4 Å². The van der Waals surface area contributed by atoms with Crippen LogP contribution in [0.1, 0.15) is 37.7 Å². The molecule has 3 N–H and O–H groups in total. The van der Waals surface area contributed by atoms with Crippen LogP contribution in [0.25, 0.3) is 0 Å². The number of oxime groups is 1. The highest BCUT2D eigenvalue weighted by Gasteiger charge is 2.43. The monoisotopic (exact) mass is 276 g/mol. The summed E-state index contributed by atoms with van der Waals surface area (Å²) in [5.74, 6) is 0.928. The molecule has 20 heavy (non-hydrogen) atoms. The lowest BCUT2D eigenvalue weighted by Crippen LogP contribution is -2.48. The number of nitrogens with zero attached hydrogens (tertiary/aromatic N) is 1. The summed E-state index contributed by atoms with van der Waals surface area (Å²) in [7, 11) is 0. The highest BCUT2D eigenvalue weighted by Crippen LogP contribution is 2.43. The highest BCUT2D eigenvalue weighted by atomic mass is 16.5. The first-order valence-corrected chi connectivity index (χ1v) is 7.09. The molecule has 5 heteroatoms. The van der Waals surface area contributed by atoms with Gasteiger partial charge >= 0.3 is 0 Å². The predicted molar refractivity (Wildman–Crippen MR) is 75.1 cm³/mol. The van der Waals surface area contributed by atoms with E-state index in [1.807, 2.05) is 12.1 Å². The van der Waals surface area contributed by atoms with Gasteiger partial charge < -0.3 is 20.4 Å². The van der Waals surface area contributed by atoms with E-state index in [1.54, 1.807) is 12.1 Å². The van der Waals surface area contributed by atoms with Gasteiger partial charge in [-0.15, -0.1) is 0 Å². The average molecular weight is 276 g/mol. The van der Waals surface area contributed by atoms with E-state index in [1.165, 1.54) is 6.42 Å². The van der Waals surface area contributed by atoms with Crippen LogP contribution in [-0.4, -0.2) is 29.4 Å². The van der Waals surface area contributed by atoms with E-state index in [9.17, 15) is 0 Å². The molecule has 2 aliphatic rings. The first-order valence-electron chi connectivity index (χ1n) is 7.09. The average Bonchev–Trinajstić information content (AvgIpc) is 2.46. The first kappa shape index (κ1) is 13.2. The maximum atomic E-state index is 8.63. The molecule has 1 aliphatic carbocycles. The van der Waals surface area contributed by atoms with Crippen LogP contribution in [0.5, 0.6) is 5.75 Å². The van der Waals surface area contributed by atoms with Crippen molar-refractivity contribution in [3.05, 3.63) is 29.8 Å². The Balaban J connectivity index is 1.62. The number of rotatable bonds is 3. The molecule has 1 atom stereocenters. The first-order chi connectivity index (χ1) is 9.71. The Morgan fingerprint density at radius 1 is 1.35 bits per heavy atom. The zero-order chi connectivity index (χ0) is 14.0. The molecule has 1 aromatic rings. The maximum absolute atomic E-state index is 8.63. The van der Waals surface area contributed by atoms with Crippen LogP contribution >= 0.6 is 0 Å². The van der Waals surface area contributed by atoms with Crippen LogP contribution in [0.2, 0.25) is 0 Å². The van der Waals surface area contributed by atoms with Gasteiger partial charge in [0.15, 0.2) is 5.84 Å². The Kier molecular flexibility index (Phi) is 3.53. The van der Waals surface area contributed by atoms with E-state index in [4.69, 9.17) is 20.4 Å². The second-order valence-corrected chi connectivity index (χ2v) is 5.63. The van der Waals surface area contributed by atoms with Crippen molar-refractivity contribution >= 4 is 5.84 Å². The Labute approximate surface area is 118 Å². The van der Waals surface area contributed by atoms with Crippen molar-refractivity contribution < 1.29 is 14.7 Å². The van der Waals surface area contributed by atoms with E-state index in [0.29, 0.717) is 5.56 Å². The van der Waals surface area contributed by atoms with Crippen LogP contribution < -0.4 is 10.5 Å². The molecular formula is C15H20N2O3. The second kappa shape index (κ2) is 5.32. The van der Waals surface area contributed by atoms with Crippen molar-refractivity contribution in [2.45, 2.75) is 43.8 Å². The lowest BCUT2D eigenvalue weighted by Gasteiger charge is -2.46. The number of nitrogens with two attached hydrogens (primary N) is 1. The molecule has 2 fully saturated rings. The molecule has 1 unspecified atom stereocenters. The van der Waals surface area contributed by atoms with Gasteiger partial charge in [-0.3, -0.25) is 0 Å². The highest BCUT2D eigenvalue weighted by molar-refractivity contribution is 5.97. The number of ether oxygens (including phenoxy) is 2. The van der Waals surface area contributed by atoms with Crippen molar-refractivity contribution in [3.63, 3.8) is 0 Å². The summed E-state index contributed by atoms with van der Waals surface area (Å²) < 4.78 is 11.9. The van der Waals surface area contributed by atoms with E-state index < -0.39 is 0 Å². The van der Waals surface area contributed by atoms with E-state index in [2.05, 4.69) is 5.16 Å². The quantitative estimate of drug-likeness (QED) is 0.384. The molecule has 1 aliphatic heterocycles. The molecule has 1 heterocycles. The zero-order valence-electron chi connectivity index (χ0n) is 11.4. The lowest BCUT2D eigenvalue weighted by molar-refractivity contribution is -0.153. The van der Waals surface area contributed by atoms with Gasteiger partial charge in [-0.05, 0) is 43.5 Å². The summed E-state index contributed by atoms with van der Waals surface area (Å²) in [6.07, 6.45) is 5.73. The maximum Gasteiger partial charge on any atom is 0.170 e. The Morgan fingerprint density at radius 2 is 2.10 bits per heavy atom. The van der Waals surface area contributed by atoms with Gasteiger partial charge in [0.2, 0.25) is 0 Å². The van der Waals surface area contributed by atoms with E-state index in [0.717, 1.165) is 38.0 Å². The van der Waals surface area contributed by atoms with Crippen molar-refractivity contribution in [2.24, 2.45) is 10.9 Å². The molecule has 1 saturated carbocycles. The van der Waals surface area contributed by atoms with Crippen molar-refractivity contribution in [1.29, 1.82) is 0 Å². The fourth-order valence-corrected chi connectivity index (χ4v) is 2.96. The smallest absolute Gasteiger partial charge is 0.170 e. The number of hydrogen-bond donors (Lipinski definition) is 2. The molecule has 5 nitrogen and oxygen atoms in total. The fraction of sp³-hybridized carbons (Fsp3) is 0.533. The molecule has 1 saturated heterocycles. The topological polar surface area (TPSA) is 77.1 Å². The molecule has 108 valence electrons. The Bertz CT molecular complexity index is 494. The summed E-state index contributed by atoms with van der Waals surface area (Å²) in [4.78, 5) is 0. The minimum Gasteiger partial charge on any atom is -0.490 e. The van der Waals surface area contributed by atoms with E-state index >= 15 is 0 Å². The van der Waals surface area contributed by atoms with Gasteiger partial charge in [0.1, 0.15) is 11.9 Å². The van der Waals surface area contributed by atoms with Crippen LogP contribution in [-0.2, 0) is 4.74 Å². The molecule has 3 rings (SSSR count). The third-order valence-electron chi connectivity index (χ3n) is 4.27. The number of amidine groups is 1.